The summed E-state index contributed by atoms with van der Waals surface area (Å²) in [6, 6.07) is 0. The van der Waals surface area contributed by atoms with E-state index in [0.29, 0.717) is 14.2 Å². The van der Waals surface area contributed by atoms with Crippen LogP contribution in [-0.2, 0) is 19.1 Å². The summed E-state index contributed by atoms with van der Waals surface area (Å²) in [5.41, 5.74) is -12.6. The van der Waals surface area contributed by atoms with Crippen LogP contribution in [0.4, 0.5) is 65.9 Å². The molecular weight excluding hydrogens is 720 g/mol. The first-order valence-corrected chi connectivity index (χ1v) is 13.9. The Hall–Kier alpha value is -4.39. The molecule has 4 atom stereocenters. The van der Waals surface area contributed by atoms with Crippen molar-refractivity contribution in [2.24, 2.45) is 22.7 Å². The van der Waals surface area contributed by atoms with Gasteiger partial charge in [-0.3, -0.25) is 9.59 Å². The molecule has 0 N–H and O–H groups in total. The number of ether oxygens (including phenoxy) is 2. The van der Waals surface area contributed by atoms with Gasteiger partial charge in [-0.05, 0) is 35.9 Å². The highest BCUT2D eigenvalue weighted by Crippen LogP contribution is 2.78. The van der Waals surface area contributed by atoms with Gasteiger partial charge in [0.25, 0.3) is 0 Å². The molecule has 0 saturated heterocycles. The molecule has 4 unspecified atom stereocenters. The number of carbonyl (C=O) groups excluding carboxylic acids is 2. The van der Waals surface area contributed by atoms with Crippen molar-refractivity contribution in [3.05, 3.63) is 92.8 Å². The lowest BCUT2D eigenvalue weighted by atomic mass is 9.29. The third-order valence-corrected chi connectivity index (χ3v) is 9.94. The van der Waals surface area contributed by atoms with Crippen molar-refractivity contribution in [1.82, 2.24) is 0 Å². The Balaban J connectivity index is 2.06. The van der Waals surface area contributed by atoms with Crippen molar-refractivity contribution < 1.29 is 84.9 Å². The average Bonchev–Trinajstić information content (AvgIpc) is 3.44. The molecular formula is C30H16BF15O4. The molecule has 2 aliphatic carbocycles. The summed E-state index contributed by atoms with van der Waals surface area (Å²) >= 11 is 0. The lowest BCUT2D eigenvalue weighted by Gasteiger charge is -2.37. The number of hydrogen-bond acceptors (Lipinski definition) is 4. The first-order valence-electron chi connectivity index (χ1n) is 13.9. The molecule has 0 amide bonds. The summed E-state index contributed by atoms with van der Waals surface area (Å²) in [7, 11) is 1.42. The molecule has 2 saturated carbocycles. The number of hydrogen-bond donors (Lipinski definition) is 0. The summed E-state index contributed by atoms with van der Waals surface area (Å²) in [5.74, 6) is -53.4. The van der Waals surface area contributed by atoms with Crippen molar-refractivity contribution >= 4 is 29.6 Å². The Morgan fingerprint density at radius 3 is 1.18 bits per heavy atom. The molecule has 3 aromatic rings. The number of methoxy groups -OCH3 is 2. The summed E-state index contributed by atoms with van der Waals surface area (Å²) in [6.45, 7) is -2.67. The van der Waals surface area contributed by atoms with Gasteiger partial charge in [-0.2, -0.15) is 0 Å². The zero-order valence-electron chi connectivity index (χ0n) is 25.0. The minimum atomic E-state index is -3.74. The van der Waals surface area contributed by atoms with Gasteiger partial charge in [0, 0.05) is 16.5 Å². The van der Waals surface area contributed by atoms with Gasteiger partial charge < -0.3 is 9.47 Å². The zero-order valence-corrected chi connectivity index (χ0v) is 25.0. The average molecular weight is 736 g/mol. The van der Waals surface area contributed by atoms with Crippen LogP contribution < -0.4 is 10.9 Å². The van der Waals surface area contributed by atoms with E-state index in [-0.39, 0.29) is 0 Å². The third-order valence-electron chi connectivity index (χ3n) is 9.94. The fourth-order valence-corrected chi connectivity index (χ4v) is 7.70. The molecule has 0 spiro atoms. The Labute approximate surface area is 270 Å². The molecule has 3 aromatic carbocycles. The molecule has 50 heavy (non-hydrogen) atoms. The van der Waals surface area contributed by atoms with Crippen LogP contribution in [0.3, 0.4) is 0 Å². The van der Waals surface area contributed by atoms with E-state index in [9.17, 15) is 49.1 Å². The van der Waals surface area contributed by atoms with Gasteiger partial charge in [-0.15, -0.1) is 0 Å². The van der Waals surface area contributed by atoms with Crippen molar-refractivity contribution in [2.75, 3.05) is 14.2 Å². The van der Waals surface area contributed by atoms with Crippen LogP contribution in [0.25, 0.3) is 0 Å². The second-order valence-corrected chi connectivity index (χ2v) is 11.9. The number of carbonyl (C=O) groups is 2. The van der Waals surface area contributed by atoms with E-state index in [1.165, 1.54) is 0 Å². The van der Waals surface area contributed by atoms with Crippen molar-refractivity contribution in [3.63, 3.8) is 0 Å². The van der Waals surface area contributed by atoms with Crippen LogP contribution in [0.15, 0.2) is 0 Å². The number of fused-ring (bicyclic) bond motifs is 1. The molecule has 0 heterocycles. The maximum Gasteiger partial charge on any atom is 0.323 e. The Bertz CT molecular complexity index is 1830. The lowest BCUT2D eigenvalue weighted by molar-refractivity contribution is -0.170. The maximum atomic E-state index is 15.8. The van der Waals surface area contributed by atoms with Crippen LogP contribution in [-0.4, -0.2) is 32.9 Å². The smallest absolute Gasteiger partial charge is 0.323 e. The quantitative estimate of drug-likeness (QED) is 0.0738. The summed E-state index contributed by atoms with van der Waals surface area (Å²) in [5, 5.41) is 0. The van der Waals surface area contributed by atoms with Gasteiger partial charge in [0.2, 0.25) is 12.5 Å². The maximum absolute atomic E-state index is 15.8. The minimum absolute atomic E-state index is 0.709. The SMILES string of the molecule is COC(=O)C1(C(=O)OC)CC2C(C)C2(C(B(c2c(F)c(F)c(F)c(F)c2F)c2c(F)c(F)c(F)c(F)c2F)c2c(F)c(F)c(F)c(F)c2F)C1. The highest BCUT2D eigenvalue weighted by atomic mass is 19.2. The van der Waals surface area contributed by atoms with Crippen molar-refractivity contribution in [1.29, 1.82) is 0 Å². The van der Waals surface area contributed by atoms with Gasteiger partial charge in [-0.1, -0.05) is 6.92 Å². The van der Waals surface area contributed by atoms with E-state index in [2.05, 4.69) is 9.47 Å². The Morgan fingerprint density at radius 2 is 0.860 bits per heavy atom. The summed E-state index contributed by atoms with van der Waals surface area (Å²) in [6.07, 6.45) is -2.11. The van der Waals surface area contributed by atoms with Crippen LogP contribution >= 0.6 is 0 Å². The van der Waals surface area contributed by atoms with Crippen molar-refractivity contribution in [2.45, 2.75) is 25.6 Å². The van der Waals surface area contributed by atoms with Gasteiger partial charge in [0.05, 0.1) is 14.2 Å². The highest BCUT2D eigenvalue weighted by molar-refractivity contribution is 6.86. The van der Waals surface area contributed by atoms with Crippen molar-refractivity contribution in [3.8, 4) is 0 Å². The highest BCUT2D eigenvalue weighted by Gasteiger charge is 2.79. The molecule has 0 bridgehead atoms. The molecule has 5 rings (SSSR count). The number of rotatable bonds is 7. The fourth-order valence-electron chi connectivity index (χ4n) is 7.70. The second kappa shape index (κ2) is 12.1. The Kier molecular flexibility index (Phi) is 8.95. The molecule has 0 radical (unpaired) electrons. The standard InChI is InChI=1S/C30H16BF15O4/c1-6-7-4-29(27(47)49-2,28(48)50-3)5-30(6,7)26(8-11(32)17(38)23(44)18(39)12(8)33)31(9-13(34)19(40)24(45)20(41)14(9)35)10-15(36)21(42)25(46)22(43)16(10)37/h6-7,26H,4-5H2,1-3H3. The summed E-state index contributed by atoms with van der Waals surface area (Å²) in [4.78, 5) is 26.0. The van der Waals surface area contributed by atoms with Crippen LogP contribution in [0.2, 0.25) is 0 Å². The van der Waals surface area contributed by atoms with Crippen LogP contribution in [0.1, 0.15) is 31.1 Å². The predicted molar refractivity (Wildman–Crippen MR) is 137 cm³/mol. The van der Waals surface area contributed by atoms with E-state index >= 15 is 26.3 Å². The Morgan fingerprint density at radius 1 is 0.560 bits per heavy atom. The van der Waals surface area contributed by atoms with Crippen LogP contribution in [0, 0.1) is 110 Å². The topological polar surface area (TPSA) is 52.6 Å². The fraction of sp³-hybridized carbons (Fsp3) is 0.333. The van der Waals surface area contributed by atoms with Gasteiger partial charge >= 0.3 is 11.9 Å². The largest absolute Gasteiger partial charge is 0.468 e. The third kappa shape index (κ3) is 4.64. The number of benzene rings is 3. The van der Waals surface area contributed by atoms with E-state index in [1.54, 1.807) is 0 Å². The predicted octanol–water partition coefficient (Wildman–Crippen LogP) is 6.08. The molecule has 0 aromatic heterocycles. The molecule has 0 aliphatic heterocycles. The monoisotopic (exact) mass is 736 g/mol. The summed E-state index contributed by atoms with van der Waals surface area (Å²) < 4.78 is 235. The van der Waals surface area contributed by atoms with Gasteiger partial charge in [0.15, 0.2) is 86.9 Å². The lowest BCUT2D eigenvalue weighted by Crippen LogP contribution is -2.57. The van der Waals surface area contributed by atoms with E-state index in [0.717, 1.165) is 6.92 Å². The number of esters is 2. The first-order chi connectivity index (χ1) is 23.2. The van der Waals surface area contributed by atoms with E-state index in [1.807, 2.05) is 0 Å². The molecule has 4 nitrogen and oxygen atoms in total. The minimum Gasteiger partial charge on any atom is -0.468 e. The normalized spacial score (nSPS) is 21.2. The van der Waals surface area contributed by atoms with Gasteiger partial charge in [0.1, 0.15) is 0 Å². The molecule has 2 fully saturated rings. The number of halogens is 15. The zero-order chi connectivity index (χ0) is 37.7. The van der Waals surface area contributed by atoms with Crippen LogP contribution in [0.5, 0.6) is 0 Å². The van der Waals surface area contributed by atoms with E-state index in [4.69, 9.17) is 0 Å². The van der Waals surface area contributed by atoms with Gasteiger partial charge in [-0.25, -0.2) is 65.9 Å². The second-order valence-electron chi connectivity index (χ2n) is 11.9. The van der Waals surface area contributed by atoms with E-state index < -0.39 is 164 Å². The molecule has 20 heteroatoms. The first kappa shape index (κ1) is 36.9. The molecule has 268 valence electrons. The molecule has 2 aliphatic rings.